The monoisotopic (exact) mass is 514 g/mol. The molecule has 29 heavy (non-hydrogen) atoms. The molecule has 2 heterocycles. The number of fused-ring (bicyclic) bond motifs is 1. The van der Waals surface area contributed by atoms with Crippen molar-refractivity contribution >= 4 is 35.6 Å². The van der Waals surface area contributed by atoms with Gasteiger partial charge in [0.05, 0.1) is 19.8 Å². The number of guanidine groups is 1. The van der Waals surface area contributed by atoms with E-state index in [4.69, 9.17) is 15.2 Å². The first-order valence-electron chi connectivity index (χ1n) is 11.0. The van der Waals surface area contributed by atoms with Crippen molar-refractivity contribution in [1.82, 2.24) is 4.90 Å². The summed E-state index contributed by atoms with van der Waals surface area (Å²) in [6, 6.07) is 6.36. The molecule has 2 fully saturated rings. The number of ether oxygens (including phenoxy) is 2. The molecule has 1 atom stereocenters. The quantitative estimate of drug-likeness (QED) is 0.350. The number of nitrogens with two attached hydrogens (primary N) is 1. The molecule has 2 aliphatic heterocycles. The second-order valence-corrected chi connectivity index (χ2v) is 8.36. The molecule has 0 amide bonds. The number of nitrogens with one attached hydrogen (secondary N) is 1. The van der Waals surface area contributed by atoms with Crippen LogP contribution in [-0.2, 0) is 0 Å². The summed E-state index contributed by atoms with van der Waals surface area (Å²) in [6.45, 7) is 4.61. The van der Waals surface area contributed by atoms with Gasteiger partial charge >= 0.3 is 0 Å². The minimum absolute atomic E-state index is 0. The first-order chi connectivity index (χ1) is 13.8. The smallest absolute Gasteiger partial charge is 0.193 e. The predicted octanol–water partition coefficient (Wildman–Crippen LogP) is 4.24. The van der Waals surface area contributed by atoms with E-state index in [-0.39, 0.29) is 24.0 Å². The van der Waals surface area contributed by atoms with Crippen LogP contribution in [-0.4, -0.2) is 49.7 Å². The summed E-state index contributed by atoms with van der Waals surface area (Å²) in [4.78, 5) is 7.30. The van der Waals surface area contributed by atoms with Crippen LogP contribution in [0.25, 0.3) is 0 Å². The summed E-state index contributed by atoms with van der Waals surface area (Å²) in [5.74, 6) is 2.92. The number of nitrogens with zero attached hydrogens (tertiary/aromatic N) is 2. The van der Waals surface area contributed by atoms with Gasteiger partial charge in [-0.3, -0.25) is 9.89 Å². The van der Waals surface area contributed by atoms with Crippen molar-refractivity contribution in [3.05, 3.63) is 18.2 Å². The van der Waals surface area contributed by atoms with E-state index in [1.807, 2.05) is 18.2 Å². The Hall–Kier alpha value is -1.22. The third-order valence-electron chi connectivity index (χ3n) is 6.21. The summed E-state index contributed by atoms with van der Waals surface area (Å²) in [7, 11) is 0. The molecule has 6 nitrogen and oxygen atoms in total. The maximum Gasteiger partial charge on any atom is 0.193 e. The number of likely N-dealkylation sites (tertiary alicyclic amines) is 1. The molecule has 0 bridgehead atoms. The van der Waals surface area contributed by atoms with Crippen LogP contribution in [0.1, 0.15) is 51.4 Å². The van der Waals surface area contributed by atoms with Gasteiger partial charge in [-0.25, -0.2) is 0 Å². The topological polar surface area (TPSA) is 72.1 Å². The number of anilines is 1. The summed E-state index contributed by atoms with van der Waals surface area (Å²) in [5.41, 5.74) is 7.05. The summed E-state index contributed by atoms with van der Waals surface area (Å²) in [6.07, 6.45) is 10.5. The molecule has 1 aromatic rings. The minimum Gasteiger partial charge on any atom is -0.490 e. The molecule has 162 valence electrons. The maximum absolute atomic E-state index is 6.17. The van der Waals surface area contributed by atoms with Crippen molar-refractivity contribution < 1.29 is 9.47 Å². The van der Waals surface area contributed by atoms with E-state index < -0.39 is 0 Å². The summed E-state index contributed by atoms with van der Waals surface area (Å²) >= 11 is 0. The fourth-order valence-electron chi connectivity index (χ4n) is 4.68. The largest absolute Gasteiger partial charge is 0.490 e. The van der Waals surface area contributed by atoms with Crippen molar-refractivity contribution in [2.45, 2.75) is 57.4 Å². The molecule has 3 aliphatic rings. The fourth-order valence-corrected chi connectivity index (χ4v) is 4.68. The first kappa shape index (κ1) is 22.5. The van der Waals surface area contributed by atoms with E-state index >= 15 is 0 Å². The molecule has 4 rings (SSSR count). The van der Waals surface area contributed by atoms with E-state index in [9.17, 15) is 0 Å². The molecule has 0 spiro atoms. The molecule has 1 saturated carbocycles. The lowest BCUT2D eigenvalue weighted by Crippen LogP contribution is -2.37. The van der Waals surface area contributed by atoms with Crippen LogP contribution in [0.3, 0.4) is 0 Å². The molecule has 1 saturated heterocycles. The van der Waals surface area contributed by atoms with Gasteiger partial charge in [-0.05, 0) is 50.3 Å². The highest BCUT2D eigenvalue weighted by Crippen LogP contribution is 2.32. The maximum atomic E-state index is 6.17. The van der Waals surface area contributed by atoms with Gasteiger partial charge in [0.15, 0.2) is 17.5 Å². The average Bonchev–Trinajstić information content (AvgIpc) is 3.01. The minimum atomic E-state index is 0. The van der Waals surface area contributed by atoms with Crippen LogP contribution in [0.5, 0.6) is 11.5 Å². The summed E-state index contributed by atoms with van der Waals surface area (Å²) < 4.78 is 11.4. The van der Waals surface area contributed by atoms with Gasteiger partial charge in [0.1, 0.15) is 0 Å². The van der Waals surface area contributed by atoms with Gasteiger partial charge < -0.3 is 20.5 Å². The van der Waals surface area contributed by atoms with E-state index in [1.54, 1.807) is 0 Å². The van der Waals surface area contributed by atoms with Gasteiger partial charge in [0, 0.05) is 30.8 Å². The van der Waals surface area contributed by atoms with Crippen molar-refractivity contribution in [3.63, 3.8) is 0 Å². The van der Waals surface area contributed by atoms with Crippen LogP contribution < -0.4 is 20.5 Å². The predicted molar refractivity (Wildman–Crippen MR) is 129 cm³/mol. The van der Waals surface area contributed by atoms with Crippen LogP contribution >= 0.6 is 24.0 Å². The van der Waals surface area contributed by atoms with Crippen LogP contribution in [0.15, 0.2) is 23.2 Å². The lowest BCUT2D eigenvalue weighted by molar-refractivity contribution is 0.191. The second-order valence-electron chi connectivity index (χ2n) is 8.36. The van der Waals surface area contributed by atoms with Gasteiger partial charge in [-0.15, -0.1) is 24.0 Å². The van der Waals surface area contributed by atoms with Crippen molar-refractivity contribution in [2.24, 2.45) is 16.6 Å². The number of hydrogen-bond acceptors (Lipinski definition) is 4. The number of aliphatic imine (C=N–C) groups is 1. The second kappa shape index (κ2) is 11.2. The van der Waals surface area contributed by atoms with E-state index in [2.05, 4.69) is 15.2 Å². The third kappa shape index (κ3) is 6.38. The number of benzene rings is 1. The normalized spacial score (nSPS) is 23.3. The van der Waals surface area contributed by atoms with Gasteiger partial charge in [-0.1, -0.05) is 19.3 Å². The molecule has 7 heteroatoms. The van der Waals surface area contributed by atoms with Crippen LogP contribution in [0, 0.1) is 5.92 Å². The van der Waals surface area contributed by atoms with Crippen LogP contribution in [0.2, 0.25) is 0 Å². The zero-order valence-corrected chi connectivity index (χ0v) is 19.6. The first-order valence-corrected chi connectivity index (χ1v) is 11.0. The molecule has 1 aromatic carbocycles. The van der Waals surface area contributed by atoms with Gasteiger partial charge in [-0.2, -0.15) is 0 Å². The highest BCUT2D eigenvalue weighted by molar-refractivity contribution is 14.0. The Bertz CT molecular complexity index is 679. The highest BCUT2D eigenvalue weighted by atomic mass is 127. The molecule has 0 radical (unpaired) electrons. The lowest BCUT2D eigenvalue weighted by Gasteiger charge is -2.30. The molecule has 1 unspecified atom stereocenters. The Morgan fingerprint density at radius 1 is 1.03 bits per heavy atom. The highest BCUT2D eigenvalue weighted by Gasteiger charge is 2.27. The van der Waals surface area contributed by atoms with E-state index in [1.165, 1.54) is 58.0 Å². The SMILES string of the molecule is I.NC(=NCC1CCCN1CC1CCCCC1)Nc1ccc2c(c1)OCCCO2. The number of hydrogen-bond donors (Lipinski definition) is 2. The molecular formula is C22H35IN4O2. The molecular weight excluding hydrogens is 479 g/mol. The lowest BCUT2D eigenvalue weighted by atomic mass is 9.89. The van der Waals surface area contributed by atoms with Gasteiger partial charge in [0.25, 0.3) is 0 Å². The summed E-state index contributed by atoms with van der Waals surface area (Å²) in [5, 5.41) is 3.21. The Labute approximate surface area is 191 Å². The number of halogens is 1. The molecule has 3 N–H and O–H groups in total. The van der Waals surface area contributed by atoms with Gasteiger partial charge in [0.2, 0.25) is 0 Å². The molecule has 0 aromatic heterocycles. The van der Waals surface area contributed by atoms with E-state index in [0.717, 1.165) is 36.1 Å². The number of rotatable bonds is 5. The Morgan fingerprint density at radius 2 is 1.83 bits per heavy atom. The van der Waals surface area contributed by atoms with Crippen LogP contribution in [0.4, 0.5) is 5.69 Å². The zero-order valence-electron chi connectivity index (χ0n) is 17.3. The van der Waals surface area contributed by atoms with E-state index in [0.29, 0.717) is 25.2 Å². The third-order valence-corrected chi connectivity index (χ3v) is 6.21. The Balaban J connectivity index is 0.00000240. The Kier molecular flexibility index (Phi) is 8.71. The van der Waals surface area contributed by atoms with Crippen molar-refractivity contribution in [3.8, 4) is 11.5 Å². The zero-order chi connectivity index (χ0) is 19.2. The standard InChI is InChI=1S/C22H34N4O2.HI/c23-22(25-18-9-10-20-21(14-18)28-13-5-12-27-20)24-15-19-8-4-11-26(19)16-17-6-2-1-3-7-17;/h9-10,14,17,19H,1-8,11-13,15-16H2,(H3,23,24,25);1H. The fraction of sp³-hybridized carbons (Fsp3) is 0.682. The Morgan fingerprint density at radius 3 is 2.66 bits per heavy atom. The van der Waals surface area contributed by atoms with Crippen molar-refractivity contribution in [2.75, 3.05) is 38.2 Å². The average molecular weight is 514 g/mol. The molecule has 1 aliphatic carbocycles. The van der Waals surface area contributed by atoms with Crippen molar-refractivity contribution in [1.29, 1.82) is 0 Å².